The fraction of sp³-hybridized carbons (Fsp3) is 0.0556. The van der Waals surface area contributed by atoms with Gasteiger partial charge in [-0.25, -0.2) is 12.9 Å². The van der Waals surface area contributed by atoms with Crippen LogP contribution in [0, 0.1) is 0 Å². The molecule has 162 valence electrons. The molecule has 0 bridgehead atoms. The molecule has 0 spiro atoms. The highest BCUT2D eigenvalue weighted by Crippen LogP contribution is 2.34. The normalized spacial score (nSPS) is 11.8. The fourth-order valence-corrected chi connectivity index (χ4v) is 4.13. The summed E-state index contributed by atoms with van der Waals surface area (Å²) in [7, 11) is -4.51. The number of nitrogen functional groups attached to an aromatic ring is 1. The molecule has 3 aromatic heterocycles. The first-order valence-corrected chi connectivity index (χ1v) is 9.88. The molecule has 3 heterocycles. The van der Waals surface area contributed by atoms with E-state index in [-0.39, 0.29) is 24.0 Å². The van der Waals surface area contributed by atoms with Gasteiger partial charge in [0.1, 0.15) is 0 Å². The van der Waals surface area contributed by atoms with E-state index in [0.29, 0.717) is 22.8 Å². The Labute approximate surface area is 180 Å². The van der Waals surface area contributed by atoms with Crippen molar-refractivity contribution in [2.24, 2.45) is 0 Å². The first kappa shape index (κ1) is 22.3. The first-order chi connectivity index (χ1) is 14.1. The molecule has 8 nitrogen and oxygen atoms in total. The van der Waals surface area contributed by atoms with Crippen LogP contribution in [0.3, 0.4) is 0 Å². The van der Waals surface area contributed by atoms with Crippen LogP contribution in [0.1, 0.15) is 5.56 Å². The number of nitrogens with one attached hydrogen (secondary N) is 1. The van der Waals surface area contributed by atoms with Crippen LogP contribution in [0.2, 0.25) is 0 Å². The minimum absolute atomic E-state index is 0. The number of sulfonamides is 1. The molecule has 0 saturated carbocycles. The molecule has 1 aromatic carbocycles. The Hall–Kier alpha value is -3.38. The van der Waals surface area contributed by atoms with E-state index < -0.39 is 26.7 Å². The highest BCUT2D eigenvalue weighted by atomic mass is 35.5. The molecule has 31 heavy (non-hydrogen) atoms. The average molecular weight is 471 g/mol. The van der Waals surface area contributed by atoms with Gasteiger partial charge in [0.15, 0.2) is 5.65 Å². The van der Waals surface area contributed by atoms with Gasteiger partial charge in [-0.1, -0.05) is 12.1 Å². The van der Waals surface area contributed by atoms with Crippen LogP contribution in [0.5, 0.6) is 0 Å². The summed E-state index contributed by atoms with van der Waals surface area (Å²) in [6.45, 7) is 0. The maximum atomic E-state index is 13.2. The molecule has 0 amide bonds. The second-order valence-corrected chi connectivity index (χ2v) is 7.90. The first-order valence-electron chi connectivity index (χ1n) is 8.40. The second-order valence-electron chi connectivity index (χ2n) is 6.25. The third-order valence-electron chi connectivity index (χ3n) is 4.15. The number of aromatic nitrogens is 4. The van der Waals surface area contributed by atoms with Crippen molar-refractivity contribution in [1.29, 1.82) is 0 Å². The van der Waals surface area contributed by atoms with E-state index in [1.54, 1.807) is 18.3 Å². The van der Waals surface area contributed by atoms with Crippen LogP contribution in [0.4, 0.5) is 24.8 Å². The Morgan fingerprint density at radius 1 is 1.03 bits per heavy atom. The van der Waals surface area contributed by atoms with E-state index in [4.69, 9.17) is 5.73 Å². The van der Waals surface area contributed by atoms with Crippen LogP contribution >= 0.6 is 12.4 Å². The molecule has 4 aromatic rings. The number of nitrogens with zero attached hydrogens (tertiary/aromatic N) is 4. The number of hydrogen-bond acceptors (Lipinski definition) is 6. The summed E-state index contributed by atoms with van der Waals surface area (Å²) in [5.74, 6) is 0.0927. The summed E-state index contributed by atoms with van der Waals surface area (Å²) < 4.78 is 68.5. The van der Waals surface area contributed by atoms with Crippen molar-refractivity contribution in [3.8, 4) is 11.1 Å². The Morgan fingerprint density at radius 3 is 2.52 bits per heavy atom. The monoisotopic (exact) mass is 470 g/mol. The van der Waals surface area contributed by atoms with Crippen molar-refractivity contribution in [3.05, 3.63) is 66.6 Å². The molecule has 0 aliphatic carbocycles. The van der Waals surface area contributed by atoms with E-state index in [1.807, 2.05) is 0 Å². The molecule has 0 fully saturated rings. The molecule has 4 rings (SSSR count). The Morgan fingerprint density at radius 2 is 1.77 bits per heavy atom. The van der Waals surface area contributed by atoms with E-state index in [2.05, 4.69) is 19.8 Å². The van der Waals surface area contributed by atoms with Gasteiger partial charge in [-0.05, 0) is 30.3 Å². The quantitative estimate of drug-likeness (QED) is 0.470. The van der Waals surface area contributed by atoms with Gasteiger partial charge >= 0.3 is 6.18 Å². The third-order valence-corrected chi connectivity index (χ3v) is 5.59. The number of nitrogens with two attached hydrogens (primary N) is 1. The number of anilines is 2. The lowest BCUT2D eigenvalue weighted by Gasteiger charge is -2.14. The van der Waals surface area contributed by atoms with Crippen molar-refractivity contribution in [1.82, 2.24) is 19.6 Å². The Balaban J connectivity index is 0.00000272. The van der Waals surface area contributed by atoms with Gasteiger partial charge in [0.2, 0.25) is 5.95 Å². The van der Waals surface area contributed by atoms with Crippen molar-refractivity contribution in [2.75, 3.05) is 10.5 Å². The summed E-state index contributed by atoms with van der Waals surface area (Å²) in [6.07, 6.45) is -0.528. The highest BCUT2D eigenvalue weighted by molar-refractivity contribution is 7.92. The van der Waals surface area contributed by atoms with Gasteiger partial charge in [-0.15, -0.1) is 17.5 Å². The number of fused-ring (bicyclic) bond motifs is 1. The number of rotatable bonds is 4. The standard InChI is InChI=1S/C18H13F3N6O2S.ClH/c19-18(20,21)14-3-1-2-4-15(14)30(28,29)26-13-7-12(8-23-9-13)11-5-6-16-24-17(22)25-27(16)10-11;/h1-10,26H,(H2,22,25);1H. The number of hydrogen-bond donors (Lipinski definition) is 2. The lowest BCUT2D eigenvalue weighted by atomic mass is 10.1. The van der Waals surface area contributed by atoms with E-state index in [1.165, 1.54) is 29.0 Å². The molecule has 0 unspecified atom stereocenters. The molecule has 0 saturated heterocycles. The summed E-state index contributed by atoms with van der Waals surface area (Å²) in [4.78, 5) is 7.11. The molecule has 0 aliphatic heterocycles. The number of pyridine rings is 2. The van der Waals surface area contributed by atoms with Crippen LogP contribution in [0.15, 0.2) is 66.0 Å². The van der Waals surface area contributed by atoms with E-state index in [0.717, 1.165) is 12.1 Å². The molecule has 0 atom stereocenters. The van der Waals surface area contributed by atoms with Crippen molar-refractivity contribution in [3.63, 3.8) is 0 Å². The predicted molar refractivity (Wildman–Crippen MR) is 110 cm³/mol. The van der Waals surface area contributed by atoms with Gasteiger partial charge in [-0.2, -0.15) is 18.2 Å². The highest BCUT2D eigenvalue weighted by Gasteiger charge is 2.36. The largest absolute Gasteiger partial charge is 0.417 e. The van der Waals surface area contributed by atoms with Crippen LogP contribution in [-0.4, -0.2) is 28.0 Å². The van der Waals surface area contributed by atoms with Crippen molar-refractivity contribution < 1.29 is 21.6 Å². The SMILES string of the molecule is Cl.Nc1nc2ccc(-c3cncc(NS(=O)(=O)c4ccccc4C(F)(F)F)c3)cn2n1. The van der Waals surface area contributed by atoms with Crippen LogP contribution in [0.25, 0.3) is 16.8 Å². The van der Waals surface area contributed by atoms with Crippen LogP contribution < -0.4 is 10.5 Å². The van der Waals surface area contributed by atoms with Gasteiger partial charge in [0.05, 0.1) is 22.3 Å². The third kappa shape index (κ3) is 4.54. The summed E-state index contributed by atoms with van der Waals surface area (Å²) in [5, 5.41) is 4.00. The number of benzene rings is 1. The summed E-state index contributed by atoms with van der Waals surface area (Å²) >= 11 is 0. The Kier molecular flexibility index (Phi) is 5.79. The molecule has 0 aliphatic rings. The van der Waals surface area contributed by atoms with Gasteiger partial charge in [-0.3, -0.25) is 9.71 Å². The average Bonchev–Trinajstić information content (AvgIpc) is 3.06. The molecular weight excluding hydrogens is 457 g/mol. The van der Waals surface area contributed by atoms with Crippen molar-refractivity contribution in [2.45, 2.75) is 11.1 Å². The molecule has 0 radical (unpaired) electrons. The van der Waals surface area contributed by atoms with E-state index in [9.17, 15) is 21.6 Å². The topological polar surface area (TPSA) is 115 Å². The zero-order valence-electron chi connectivity index (χ0n) is 15.4. The maximum Gasteiger partial charge on any atom is 0.417 e. The summed E-state index contributed by atoms with van der Waals surface area (Å²) in [5.41, 5.74) is 5.96. The zero-order valence-corrected chi connectivity index (χ0v) is 17.0. The minimum atomic E-state index is -4.82. The van der Waals surface area contributed by atoms with Gasteiger partial charge in [0, 0.05) is 23.5 Å². The van der Waals surface area contributed by atoms with E-state index >= 15 is 0 Å². The van der Waals surface area contributed by atoms with Gasteiger partial charge in [0.25, 0.3) is 10.0 Å². The Bertz CT molecular complexity index is 1360. The summed E-state index contributed by atoms with van der Waals surface area (Å²) in [6, 6.07) is 8.76. The number of alkyl halides is 3. The fourth-order valence-electron chi connectivity index (χ4n) is 2.87. The zero-order chi connectivity index (χ0) is 21.5. The second kappa shape index (κ2) is 8.04. The van der Waals surface area contributed by atoms with Crippen LogP contribution in [-0.2, 0) is 16.2 Å². The number of halogens is 4. The molecule has 3 N–H and O–H groups in total. The maximum absolute atomic E-state index is 13.2. The lowest BCUT2D eigenvalue weighted by Crippen LogP contribution is -2.19. The predicted octanol–water partition coefficient (Wildman–Crippen LogP) is 3.61. The van der Waals surface area contributed by atoms with Gasteiger partial charge < -0.3 is 5.73 Å². The van der Waals surface area contributed by atoms with Crippen molar-refractivity contribution >= 4 is 39.7 Å². The minimum Gasteiger partial charge on any atom is -0.366 e. The molecule has 13 heteroatoms. The molecular formula is C18H14ClF3N6O2S. The smallest absolute Gasteiger partial charge is 0.366 e. The lowest BCUT2D eigenvalue weighted by molar-refractivity contribution is -0.139.